The van der Waals surface area contributed by atoms with Gasteiger partial charge < -0.3 is 4.52 Å². The Morgan fingerprint density at radius 2 is 2.23 bits per heavy atom. The zero-order valence-corrected chi connectivity index (χ0v) is 8.00. The fourth-order valence-electron chi connectivity index (χ4n) is 1.51. The molecule has 0 aliphatic heterocycles. The van der Waals surface area contributed by atoms with Gasteiger partial charge in [-0.25, -0.2) is 0 Å². The van der Waals surface area contributed by atoms with Gasteiger partial charge in [-0.1, -0.05) is 24.6 Å². The van der Waals surface area contributed by atoms with Gasteiger partial charge in [0.1, 0.15) is 0 Å². The van der Waals surface area contributed by atoms with Gasteiger partial charge in [0.25, 0.3) is 0 Å². The molecule has 0 amide bonds. The van der Waals surface area contributed by atoms with Gasteiger partial charge in [0, 0.05) is 5.39 Å². The van der Waals surface area contributed by atoms with E-state index in [1.165, 1.54) is 5.56 Å². The molecule has 0 N–H and O–H groups in total. The van der Waals surface area contributed by atoms with E-state index >= 15 is 0 Å². The maximum atomic E-state index is 5.23. The molecule has 1 aromatic heterocycles. The molecule has 13 heavy (non-hydrogen) atoms. The van der Waals surface area contributed by atoms with Gasteiger partial charge in [-0.3, -0.25) is 0 Å². The summed E-state index contributed by atoms with van der Waals surface area (Å²) in [4.78, 5) is 0. The molecule has 2 nitrogen and oxygen atoms in total. The average Bonchev–Trinajstić information content (AvgIpc) is 2.49. The summed E-state index contributed by atoms with van der Waals surface area (Å²) in [6.07, 6.45) is 2.10. The Hall–Kier alpha value is -1.31. The van der Waals surface area contributed by atoms with Crippen LogP contribution >= 0.6 is 0 Å². The van der Waals surface area contributed by atoms with E-state index in [0.29, 0.717) is 0 Å². The molecule has 0 atom stereocenters. The van der Waals surface area contributed by atoms with Crippen molar-refractivity contribution in [3.8, 4) is 0 Å². The lowest BCUT2D eigenvalue weighted by Gasteiger charge is -1.92. The highest BCUT2D eigenvalue weighted by atomic mass is 16.5. The molecule has 0 spiro atoms. The minimum absolute atomic E-state index is 0.906. The zero-order chi connectivity index (χ0) is 9.26. The maximum absolute atomic E-state index is 5.23. The van der Waals surface area contributed by atoms with Crippen LogP contribution in [0.3, 0.4) is 0 Å². The summed E-state index contributed by atoms with van der Waals surface area (Å²) < 4.78 is 5.23. The van der Waals surface area contributed by atoms with Gasteiger partial charge in [-0.05, 0) is 31.0 Å². The second-order valence-corrected chi connectivity index (χ2v) is 3.38. The van der Waals surface area contributed by atoms with Crippen LogP contribution in [0, 0.1) is 6.92 Å². The Balaban J connectivity index is 2.55. The topological polar surface area (TPSA) is 26.0 Å². The third kappa shape index (κ3) is 1.44. The first kappa shape index (κ1) is 8.30. The van der Waals surface area contributed by atoms with Gasteiger partial charge in [-0.15, -0.1) is 0 Å². The highest BCUT2D eigenvalue weighted by molar-refractivity contribution is 5.79. The van der Waals surface area contributed by atoms with Crippen molar-refractivity contribution in [1.82, 2.24) is 5.16 Å². The van der Waals surface area contributed by atoms with E-state index < -0.39 is 0 Å². The van der Waals surface area contributed by atoms with Gasteiger partial charge in [0.15, 0.2) is 5.58 Å². The van der Waals surface area contributed by atoms with Gasteiger partial charge in [0.05, 0.1) is 5.69 Å². The molecule has 0 fully saturated rings. The number of benzene rings is 1. The van der Waals surface area contributed by atoms with Crippen molar-refractivity contribution in [3.63, 3.8) is 0 Å². The molecule has 1 heterocycles. The number of aryl methyl sites for hydroxylation is 2. The van der Waals surface area contributed by atoms with Crippen LogP contribution in [-0.2, 0) is 6.42 Å². The molecule has 0 aliphatic rings. The normalized spacial score (nSPS) is 10.9. The van der Waals surface area contributed by atoms with Crippen LogP contribution in [0.25, 0.3) is 11.0 Å². The summed E-state index contributed by atoms with van der Waals surface area (Å²) in [6, 6.07) is 6.21. The average molecular weight is 175 g/mol. The maximum Gasteiger partial charge on any atom is 0.167 e. The van der Waals surface area contributed by atoms with Crippen LogP contribution in [0.15, 0.2) is 22.7 Å². The standard InChI is InChI=1S/C11H13NO/c1-3-4-10-9-6-5-8(2)7-11(9)13-12-10/h5-7H,3-4H2,1-2H3. The number of hydrogen-bond donors (Lipinski definition) is 0. The van der Waals surface area contributed by atoms with Gasteiger partial charge in [0.2, 0.25) is 0 Å². The minimum Gasteiger partial charge on any atom is -0.356 e. The summed E-state index contributed by atoms with van der Waals surface area (Å²) in [5.74, 6) is 0. The highest BCUT2D eigenvalue weighted by Gasteiger charge is 2.05. The van der Waals surface area contributed by atoms with Crippen molar-refractivity contribution < 1.29 is 4.52 Å². The van der Waals surface area contributed by atoms with Crippen LogP contribution in [-0.4, -0.2) is 5.16 Å². The summed E-state index contributed by atoms with van der Waals surface area (Å²) in [5.41, 5.74) is 3.20. The molecule has 2 aromatic rings. The van der Waals surface area contributed by atoms with Crippen molar-refractivity contribution in [1.29, 1.82) is 0 Å². The molecule has 0 unspecified atom stereocenters. The second-order valence-electron chi connectivity index (χ2n) is 3.38. The van der Waals surface area contributed by atoms with Crippen LogP contribution in [0.5, 0.6) is 0 Å². The first-order valence-corrected chi connectivity index (χ1v) is 4.66. The zero-order valence-electron chi connectivity index (χ0n) is 8.00. The lowest BCUT2D eigenvalue weighted by Crippen LogP contribution is -1.82. The highest BCUT2D eigenvalue weighted by Crippen LogP contribution is 2.20. The molecule has 0 bridgehead atoms. The Labute approximate surface area is 77.5 Å². The predicted molar refractivity (Wildman–Crippen MR) is 52.7 cm³/mol. The smallest absolute Gasteiger partial charge is 0.167 e. The quantitative estimate of drug-likeness (QED) is 0.701. The van der Waals surface area contributed by atoms with Crippen molar-refractivity contribution >= 4 is 11.0 Å². The first-order valence-electron chi connectivity index (χ1n) is 4.66. The van der Waals surface area contributed by atoms with Crippen molar-refractivity contribution in [2.24, 2.45) is 0 Å². The molecule has 68 valence electrons. The van der Waals surface area contributed by atoms with Crippen LogP contribution < -0.4 is 0 Å². The summed E-state index contributed by atoms with van der Waals surface area (Å²) in [7, 11) is 0. The molecule has 0 saturated carbocycles. The number of aromatic nitrogens is 1. The SMILES string of the molecule is CCCc1noc2cc(C)ccc12. The molecule has 1 aromatic carbocycles. The number of nitrogens with zero attached hydrogens (tertiary/aromatic N) is 1. The number of fused-ring (bicyclic) bond motifs is 1. The summed E-state index contributed by atoms with van der Waals surface area (Å²) in [6.45, 7) is 4.20. The van der Waals surface area contributed by atoms with Crippen molar-refractivity contribution in [3.05, 3.63) is 29.5 Å². The van der Waals surface area contributed by atoms with Crippen LogP contribution in [0.2, 0.25) is 0 Å². The van der Waals surface area contributed by atoms with E-state index in [0.717, 1.165) is 29.5 Å². The van der Waals surface area contributed by atoms with Crippen LogP contribution in [0.1, 0.15) is 24.6 Å². The number of rotatable bonds is 2. The lowest BCUT2D eigenvalue weighted by atomic mass is 10.1. The van der Waals surface area contributed by atoms with E-state index in [-0.39, 0.29) is 0 Å². The van der Waals surface area contributed by atoms with E-state index in [9.17, 15) is 0 Å². The third-order valence-corrected chi connectivity index (χ3v) is 2.19. The Bertz CT molecular complexity index is 417. The van der Waals surface area contributed by atoms with E-state index in [1.54, 1.807) is 0 Å². The monoisotopic (exact) mass is 175 g/mol. The summed E-state index contributed by atoms with van der Waals surface area (Å²) >= 11 is 0. The molecular formula is C11H13NO. The predicted octanol–water partition coefficient (Wildman–Crippen LogP) is 3.09. The van der Waals surface area contributed by atoms with Gasteiger partial charge >= 0.3 is 0 Å². The van der Waals surface area contributed by atoms with Crippen molar-refractivity contribution in [2.75, 3.05) is 0 Å². The molecule has 0 saturated heterocycles. The van der Waals surface area contributed by atoms with Gasteiger partial charge in [-0.2, -0.15) is 0 Å². The Kier molecular flexibility index (Phi) is 2.05. The van der Waals surface area contributed by atoms with Crippen molar-refractivity contribution in [2.45, 2.75) is 26.7 Å². The Morgan fingerprint density at radius 3 is 3.00 bits per heavy atom. The number of hydrogen-bond acceptors (Lipinski definition) is 2. The second kappa shape index (κ2) is 3.21. The lowest BCUT2D eigenvalue weighted by molar-refractivity contribution is 0.445. The summed E-state index contributed by atoms with van der Waals surface area (Å²) in [5, 5.41) is 5.21. The molecule has 2 rings (SSSR count). The fraction of sp³-hybridized carbons (Fsp3) is 0.364. The molecular weight excluding hydrogens is 162 g/mol. The third-order valence-electron chi connectivity index (χ3n) is 2.19. The first-order chi connectivity index (χ1) is 6.31. The van der Waals surface area contributed by atoms with E-state index in [2.05, 4.69) is 31.1 Å². The largest absolute Gasteiger partial charge is 0.356 e. The fourth-order valence-corrected chi connectivity index (χ4v) is 1.51. The molecule has 2 heteroatoms. The molecule has 0 radical (unpaired) electrons. The van der Waals surface area contributed by atoms with E-state index in [1.807, 2.05) is 6.07 Å². The van der Waals surface area contributed by atoms with E-state index in [4.69, 9.17) is 4.52 Å². The Morgan fingerprint density at radius 1 is 1.38 bits per heavy atom. The molecule has 0 aliphatic carbocycles. The minimum atomic E-state index is 0.906. The van der Waals surface area contributed by atoms with Crippen LogP contribution in [0.4, 0.5) is 0 Å².